The van der Waals surface area contributed by atoms with E-state index in [0.29, 0.717) is 24.1 Å². The molecule has 3 heterocycles. The van der Waals surface area contributed by atoms with Crippen LogP contribution in [0.3, 0.4) is 0 Å². The average Bonchev–Trinajstić information content (AvgIpc) is 3.33. The molecule has 1 aliphatic rings. The molecule has 0 spiro atoms. The van der Waals surface area contributed by atoms with Crippen molar-refractivity contribution in [3.05, 3.63) is 77.2 Å². The first-order chi connectivity index (χ1) is 19.1. The summed E-state index contributed by atoms with van der Waals surface area (Å²) in [7, 11) is 0. The number of aromatic nitrogens is 4. The third-order valence-corrected chi connectivity index (χ3v) is 7.05. The van der Waals surface area contributed by atoms with Crippen LogP contribution < -0.4 is 5.32 Å². The van der Waals surface area contributed by atoms with Crippen LogP contribution in [0.25, 0.3) is 22.6 Å². The fourth-order valence-electron chi connectivity index (χ4n) is 5.09. The maximum atomic E-state index is 12.6. The molecular weight excluding hydrogens is 524 g/mol. The predicted molar refractivity (Wildman–Crippen MR) is 159 cm³/mol. The predicted octanol–water partition coefficient (Wildman–Crippen LogP) is 7.59. The van der Waals surface area contributed by atoms with Crippen molar-refractivity contribution in [2.45, 2.75) is 59.1 Å². The van der Waals surface area contributed by atoms with Crippen LogP contribution in [0, 0.1) is 13.8 Å². The number of amides is 1. The number of halogens is 1. The Bertz CT molecular complexity index is 1480. The second kappa shape index (κ2) is 11.3. The van der Waals surface area contributed by atoms with E-state index >= 15 is 0 Å². The van der Waals surface area contributed by atoms with Gasteiger partial charge in [0.15, 0.2) is 0 Å². The van der Waals surface area contributed by atoms with E-state index in [1.807, 2.05) is 57.4 Å². The van der Waals surface area contributed by atoms with Crippen molar-refractivity contribution in [2.75, 3.05) is 18.4 Å². The molecule has 1 aliphatic heterocycles. The average molecular weight is 559 g/mol. The normalized spacial score (nSPS) is 14.3. The van der Waals surface area contributed by atoms with Crippen LogP contribution >= 0.6 is 11.6 Å². The molecule has 4 aromatic rings. The zero-order valence-electron chi connectivity index (χ0n) is 23.6. The van der Waals surface area contributed by atoms with Crippen LogP contribution in [0.4, 0.5) is 16.4 Å². The molecule has 208 valence electrons. The van der Waals surface area contributed by atoms with Gasteiger partial charge in [-0.3, -0.25) is 0 Å². The Balaban J connectivity index is 1.47. The molecule has 1 amide bonds. The van der Waals surface area contributed by atoms with E-state index in [4.69, 9.17) is 26.3 Å². The van der Waals surface area contributed by atoms with Crippen LogP contribution in [0.2, 0.25) is 5.02 Å². The number of rotatable bonds is 5. The summed E-state index contributed by atoms with van der Waals surface area (Å²) in [6.07, 6.45) is 4.94. The maximum absolute atomic E-state index is 12.6. The quantitative estimate of drug-likeness (QED) is 0.271. The molecule has 2 aromatic heterocycles. The zero-order valence-corrected chi connectivity index (χ0v) is 24.4. The number of carbonyl (C=O) groups excluding carboxylic acids is 1. The summed E-state index contributed by atoms with van der Waals surface area (Å²) in [6.45, 7) is 11.0. The zero-order chi connectivity index (χ0) is 28.4. The first kappa shape index (κ1) is 27.6. The molecule has 0 aliphatic carbocycles. The van der Waals surface area contributed by atoms with Gasteiger partial charge in [0.2, 0.25) is 5.95 Å². The highest BCUT2D eigenvalue weighted by atomic mass is 35.5. The van der Waals surface area contributed by atoms with Gasteiger partial charge < -0.3 is 19.5 Å². The Labute approximate surface area is 240 Å². The highest BCUT2D eigenvalue weighted by Crippen LogP contribution is 2.36. The fraction of sp³-hybridized carbons (Fsp3) is 0.355. The minimum atomic E-state index is -0.519. The van der Waals surface area contributed by atoms with E-state index in [0.717, 1.165) is 41.2 Å². The molecule has 0 bridgehead atoms. The third kappa shape index (κ3) is 6.45. The van der Waals surface area contributed by atoms with Gasteiger partial charge in [0.25, 0.3) is 0 Å². The number of piperidine rings is 1. The van der Waals surface area contributed by atoms with E-state index in [2.05, 4.69) is 46.9 Å². The van der Waals surface area contributed by atoms with Gasteiger partial charge in [-0.1, -0.05) is 29.8 Å². The molecule has 8 nitrogen and oxygen atoms in total. The first-order valence-electron chi connectivity index (χ1n) is 13.6. The van der Waals surface area contributed by atoms with Crippen molar-refractivity contribution < 1.29 is 9.53 Å². The monoisotopic (exact) mass is 558 g/mol. The Morgan fingerprint density at radius 2 is 1.68 bits per heavy atom. The third-order valence-electron chi connectivity index (χ3n) is 6.80. The van der Waals surface area contributed by atoms with Crippen LogP contribution in [0.15, 0.2) is 61.1 Å². The van der Waals surface area contributed by atoms with Crippen LogP contribution in [-0.4, -0.2) is 49.2 Å². The lowest BCUT2D eigenvalue weighted by molar-refractivity contribution is 0.0189. The molecule has 9 heteroatoms. The minimum absolute atomic E-state index is 0.146. The summed E-state index contributed by atoms with van der Waals surface area (Å²) >= 11 is 6.19. The molecule has 0 radical (unpaired) electrons. The van der Waals surface area contributed by atoms with Gasteiger partial charge >= 0.3 is 6.09 Å². The van der Waals surface area contributed by atoms with Crippen LogP contribution in [0.5, 0.6) is 0 Å². The molecule has 1 N–H and O–H groups in total. The molecule has 1 fully saturated rings. The molecule has 2 aromatic carbocycles. The molecule has 1 saturated heterocycles. The molecule has 5 rings (SSSR count). The number of hydrogen-bond acceptors (Lipinski definition) is 6. The molecule has 0 atom stereocenters. The van der Waals surface area contributed by atoms with Gasteiger partial charge in [0.05, 0.1) is 23.4 Å². The van der Waals surface area contributed by atoms with Crippen LogP contribution in [0.1, 0.15) is 50.8 Å². The van der Waals surface area contributed by atoms with E-state index in [-0.39, 0.29) is 12.1 Å². The number of aryl methyl sites for hydroxylation is 2. The van der Waals surface area contributed by atoms with Crippen molar-refractivity contribution in [3.8, 4) is 22.6 Å². The maximum Gasteiger partial charge on any atom is 0.410 e. The number of hydrogen-bond donors (Lipinski definition) is 1. The number of carbonyl (C=O) groups is 1. The number of ether oxygens (including phenoxy) is 1. The standard InChI is InChI=1S/C31H35ClN6O2/c1-20-16-21(2)18-24(17-20)35-29-33-13-10-26(36-29)28-27(22-6-8-23(32)9-7-22)34-19-38(28)25-11-14-37(15-12-25)30(39)40-31(3,4)5/h6-10,13,16-19,25H,11-12,14-15H2,1-5H3,(H,33,35,36). The molecule has 0 saturated carbocycles. The van der Waals surface area contributed by atoms with Gasteiger partial charge in [-0.2, -0.15) is 0 Å². The molecule has 0 unspecified atom stereocenters. The second-order valence-corrected chi connectivity index (χ2v) is 11.8. The number of likely N-dealkylation sites (tertiary alicyclic amines) is 1. The summed E-state index contributed by atoms with van der Waals surface area (Å²) in [6, 6.07) is 16.0. The summed E-state index contributed by atoms with van der Waals surface area (Å²) in [5.41, 5.74) is 6.20. The summed E-state index contributed by atoms with van der Waals surface area (Å²) in [4.78, 5) is 28.7. The Hall–Kier alpha value is -3.91. The number of nitrogens with zero attached hydrogens (tertiary/aromatic N) is 5. The molecular formula is C31H35ClN6O2. The van der Waals surface area contributed by atoms with Crippen molar-refractivity contribution >= 4 is 29.3 Å². The first-order valence-corrected chi connectivity index (χ1v) is 13.9. The van der Waals surface area contributed by atoms with Gasteiger partial charge in [-0.15, -0.1) is 0 Å². The summed E-state index contributed by atoms with van der Waals surface area (Å²) < 4.78 is 7.79. The Morgan fingerprint density at radius 1 is 1.00 bits per heavy atom. The second-order valence-electron chi connectivity index (χ2n) is 11.3. The smallest absolute Gasteiger partial charge is 0.410 e. The topological polar surface area (TPSA) is 85.2 Å². The lowest BCUT2D eigenvalue weighted by Crippen LogP contribution is -2.42. The SMILES string of the molecule is Cc1cc(C)cc(Nc2nccc(-c3c(-c4ccc(Cl)cc4)ncn3C3CCN(C(=O)OC(C)(C)C)CC3)n2)c1. The number of anilines is 2. The Kier molecular flexibility index (Phi) is 7.81. The van der Waals surface area contributed by atoms with Gasteiger partial charge in [0.1, 0.15) is 5.60 Å². The van der Waals surface area contributed by atoms with Crippen molar-refractivity contribution in [1.29, 1.82) is 0 Å². The number of benzene rings is 2. The highest BCUT2D eigenvalue weighted by Gasteiger charge is 2.30. The van der Waals surface area contributed by atoms with Crippen molar-refractivity contribution in [2.24, 2.45) is 0 Å². The van der Waals surface area contributed by atoms with Gasteiger partial charge in [0, 0.05) is 41.6 Å². The van der Waals surface area contributed by atoms with E-state index < -0.39 is 5.60 Å². The largest absolute Gasteiger partial charge is 0.444 e. The summed E-state index contributed by atoms with van der Waals surface area (Å²) in [5, 5.41) is 4.03. The van der Waals surface area contributed by atoms with Gasteiger partial charge in [-0.05, 0) is 88.9 Å². The fourth-order valence-corrected chi connectivity index (χ4v) is 5.22. The lowest BCUT2D eigenvalue weighted by Gasteiger charge is -2.34. The van der Waals surface area contributed by atoms with E-state index in [9.17, 15) is 4.79 Å². The lowest BCUT2D eigenvalue weighted by atomic mass is 10.0. The van der Waals surface area contributed by atoms with E-state index in [1.54, 1.807) is 11.1 Å². The van der Waals surface area contributed by atoms with Crippen molar-refractivity contribution in [1.82, 2.24) is 24.4 Å². The molecule has 40 heavy (non-hydrogen) atoms. The number of imidazole rings is 1. The van der Waals surface area contributed by atoms with E-state index in [1.165, 1.54) is 11.1 Å². The van der Waals surface area contributed by atoms with Crippen LogP contribution in [-0.2, 0) is 4.74 Å². The van der Waals surface area contributed by atoms with Gasteiger partial charge in [-0.25, -0.2) is 19.7 Å². The minimum Gasteiger partial charge on any atom is -0.444 e. The summed E-state index contributed by atoms with van der Waals surface area (Å²) in [5.74, 6) is 0.511. The highest BCUT2D eigenvalue weighted by molar-refractivity contribution is 6.30. The van der Waals surface area contributed by atoms with Crippen molar-refractivity contribution in [3.63, 3.8) is 0 Å². The Morgan fingerprint density at radius 3 is 2.33 bits per heavy atom. The number of nitrogens with one attached hydrogen (secondary N) is 1.